The number of rotatable bonds is 7. The smallest absolute Gasteiger partial charge is 0.317 e. The predicted octanol–water partition coefficient (Wildman–Crippen LogP) is 7.14. The van der Waals surface area contributed by atoms with Crippen LogP contribution in [0.5, 0.6) is 0 Å². The minimum Gasteiger partial charge on any atom is -0.317 e. The van der Waals surface area contributed by atoms with Crippen molar-refractivity contribution >= 4 is 34.9 Å². The molecule has 0 radical (unpaired) electrons. The number of amides is 2. The van der Waals surface area contributed by atoms with Gasteiger partial charge in [0.05, 0.1) is 22.9 Å². The van der Waals surface area contributed by atoms with Gasteiger partial charge >= 0.3 is 6.03 Å². The molecule has 2 amide bonds. The number of aromatic nitrogens is 3. The van der Waals surface area contributed by atoms with E-state index in [0.717, 1.165) is 48.4 Å². The average molecular weight is 585 g/mol. The number of aryl methyl sites for hydroxylation is 1. The molecule has 4 aromatic rings. The van der Waals surface area contributed by atoms with E-state index in [1.165, 1.54) is 0 Å². The van der Waals surface area contributed by atoms with E-state index in [4.69, 9.17) is 16.7 Å². The lowest BCUT2D eigenvalue weighted by Gasteiger charge is -2.30. The second kappa shape index (κ2) is 12.5. The molecule has 2 aromatic carbocycles. The topological polar surface area (TPSA) is 101 Å². The fraction of sp³-hybridized carbons (Fsp3) is 0.333. The van der Waals surface area contributed by atoms with Crippen molar-refractivity contribution in [1.29, 1.82) is 0 Å². The van der Waals surface area contributed by atoms with E-state index in [1.807, 2.05) is 61.5 Å². The maximum atomic E-state index is 13.9. The summed E-state index contributed by atoms with van der Waals surface area (Å²) in [7, 11) is 0. The molecule has 0 saturated carbocycles. The second-order valence-corrected chi connectivity index (χ2v) is 12.2. The van der Waals surface area contributed by atoms with Crippen molar-refractivity contribution in [3.63, 3.8) is 0 Å². The first-order chi connectivity index (χ1) is 20.1. The Kier molecular flexibility index (Phi) is 8.75. The first-order valence-corrected chi connectivity index (χ1v) is 14.7. The van der Waals surface area contributed by atoms with Gasteiger partial charge in [0, 0.05) is 23.4 Å². The highest BCUT2D eigenvalue weighted by Crippen LogP contribution is 2.36. The summed E-state index contributed by atoms with van der Waals surface area (Å²) in [5.74, 6) is 0.236. The molecule has 218 valence electrons. The minimum atomic E-state index is -0.407. The number of hydrogen-bond donors (Lipinski definition) is 3. The van der Waals surface area contributed by atoms with E-state index in [2.05, 4.69) is 41.7 Å². The fourth-order valence-corrected chi connectivity index (χ4v) is 5.57. The van der Waals surface area contributed by atoms with Crippen LogP contribution in [0.25, 0.3) is 5.69 Å². The zero-order valence-corrected chi connectivity index (χ0v) is 25.2. The maximum absolute atomic E-state index is 13.9. The number of pyridine rings is 1. The van der Waals surface area contributed by atoms with Gasteiger partial charge in [-0.2, -0.15) is 5.10 Å². The SMILES string of the molecule is Cc1ccc(-n2nc(C(C)(C)C)cc2NC(=O)Nc2cccc(C(C(=O)c3cccnc3Cl)C3CCNCC3)c2)cc1. The summed E-state index contributed by atoms with van der Waals surface area (Å²) < 4.78 is 1.75. The van der Waals surface area contributed by atoms with Crippen LogP contribution in [0.4, 0.5) is 16.3 Å². The number of piperidine rings is 1. The van der Waals surface area contributed by atoms with E-state index in [9.17, 15) is 9.59 Å². The highest BCUT2D eigenvalue weighted by Gasteiger charge is 2.33. The number of Topliss-reactive ketones (excluding diaryl/α,β-unsaturated/α-hetero) is 1. The number of carbonyl (C=O) groups is 2. The van der Waals surface area contributed by atoms with Gasteiger partial charge in [0.2, 0.25) is 0 Å². The quantitative estimate of drug-likeness (QED) is 0.158. The summed E-state index contributed by atoms with van der Waals surface area (Å²) in [5.41, 5.74) is 4.49. The molecule has 5 rings (SSSR count). The Morgan fingerprint density at radius 3 is 2.43 bits per heavy atom. The van der Waals surface area contributed by atoms with Gasteiger partial charge in [0.15, 0.2) is 5.78 Å². The average Bonchev–Trinajstić information content (AvgIpc) is 3.39. The normalized spacial score (nSPS) is 14.8. The molecule has 0 bridgehead atoms. The highest BCUT2D eigenvalue weighted by molar-refractivity contribution is 6.33. The van der Waals surface area contributed by atoms with Crippen LogP contribution in [-0.4, -0.2) is 39.7 Å². The number of benzene rings is 2. The van der Waals surface area contributed by atoms with Crippen LogP contribution in [0, 0.1) is 12.8 Å². The van der Waals surface area contributed by atoms with Gasteiger partial charge < -0.3 is 10.6 Å². The maximum Gasteiger partial charge on any atom is 0.324 e. The van der Waals surface area contributed by atoms with E-state index in [1.54, 1.807) is 23.0 Å². The number of hydrogen-bond acceptors (Lipinski definition) is 5. The standard InChI is InChI=1S/C33H37ClN6O2/c1-21-10-12-25(13-11-21)40-28(20-27(39-40)33(2,3)4)38-32(42)37-24-8-5-7-23(19-24)29(22-14-17-35-18-15-22)30(41)26-9-6-16-36-31(26)34/h5-13,16,19-20,22,29,35H,14-15,17-18H2,1-4H3,(H2,37,38,42). The second-order valence-electron chi connectivity index (χ2n) is 11.9. The summed E-state index contributed by atoms with van der Waals surface area (Å²) in [6.45, 7) is 9.99. The van der Waals surface area contributed by atoms with Crippen molar-refractivity contribution in [1.82, 2.24) is 20.1 Å². The number of nitrogens with one attached hydrogen (secondary N) is 3. The van der Waals surface area contributed by atoms with Crippen molar-refractivity contribution in [2.75, 3.05) is 23.7 Å². The molecule has 3 N–H and O–H groups in total. The van der Waals surface area contributed by atoms with Crippen LogP contribution >= 0.6 is 11.6 Å². The summed E-state index contributed by atoms with van der Waals surface area (Å²) in [4.78, 5) is 31.3. The van der Waals surface area contributed by atoms with Gasteiger partial charge in [-0.05, 0) is 80.7 Å². The van der Waals surface area contributed by atoms with Gasteiger partial charge in [-0.15, -0.1) is 0 Å². The zero-order valence-electron chi connectivity index (χ0n) is 24.4. The molecular formula is C33H37ClN6O2. The van der Waals surface area contributed by atoms with Crippen LogP contribution in [0.3, 0.4) is 0 Å². The summed E-state index contributed by atoms with van der Waals surface area (Å²) in [6, 6.07) is 20.5. The molecule has 1 atom stereocenters. The van der Waals surface area contributed by atoms with E-state index in [-0.39, 0.29) is 22.3 Å². The number of ketones is 1. The molecule has 0 spiro atoms. The van der Waals surface area contributed by atoms with E-state index >= 15 is 0 Å². The lowest BCUT2D eigenvalue weighted by molar-refractivity contribution is 0.0916. The van der Waals surface area contributed by atoms with Gasteiger partial charge in [0.25, 0.3) is 0 Å². The monoisotopic (exact) mass is 584 g/mol. The predicted molar refractivity (Wildman–Crippen MR) is 168 cm³/mol. The Morgan fingerprint density at radius 1 is 1.00 bits per heavy atom. The van der Waals surface area contributed by atoms with E-state index in [0.29, 0.717) is 17.1 Å². The van der Waals surface area contributed by atoms with Crippen LogP contribution in [-0.2, 0) is 5.41 Å². The third-order valence-corrected chi connectivity index (χ3v) is 7.96. The molecule has 1 aliphatic heterocycles. The molecule has 1 saturated heterocycles. The van der Waals surface area contributed by atoms with Crippen LogP contribution in [0.1, 0.15) is 66.7 Å². The molecule has 0 aliphatic carbocycles. The molecule has 2 aromatic heterocycles. The number of nitrogens with zero attached hydrogens (tertiary/aromatic N) is 3. The molecule has 1 fully saturated rings. The van der Waals surface area contributed by atoms with Crippen LogP contribution in [0.15, 0.2) is 72.9 Å². The minimum absolute atomic E-state index is 0.0571. The summed E-state index contributed by atoms with van der Waals surface area (Å²) in [5, 5.41) is 14.3. The van der Waals surface area contributed by atoms with Crippen molar-refractivity contribution in [2.45, 2.75) is 51.9 Å². The Balaban J connectivity index is 1.41. The summed E-state index contributed by atoms with van der Waals surface area (Å²) >= 11 is 6.34. The highest BCUT2D eigenvalue weighted by atomic mass is 35.5. The van der Waals surface area contributed by atoms with Crippen molar-refractivity contribution in [3.05, 3.63) is 100 Å². The van der Waals surface area contributed by atoms with Crippen molar-refractivity contribution in [3.8, 4) is 5.69 Å². The Hall–Kier alpha value is -4.01. The van der Waals surface area contributed by atoms with Crippen LogP contribution < -0.4 is 16.0 Å². The molecule has 3 heterocycles. The largest absolute Gasteiger partial charge is 0.324 e. The third kappa shape index (κ3) is 6.72. The Morgan fingerprint density at radius 2 is 1.74 bits per heavy atom. The fourth-order valence-electron chi connectivity index (χ4n) is 5.36. The lowest BCUT2D eigenvalue weighted by atomic mass is 9.76. The third-order valence-electron chi connectivity index (χ3n) is 7.66. The molecule has 1 aliphatic rings. The molecule has 42 heavy (non-hydrogen) atoms. The van der Waals surface area contributed by atoms with Gasteiger partial charge in [-0.1, -0.05) is 62.2 Å². The van der Waals surface area contributed by atoms with Gasteiger partial charge in [-0.3, -0.25) is 10.1 Å². The van der Waals surface area contributed by atoms with Crippen LogP contribution in [0.2, 0.25) is 5.15 Å². The molecule has 1 unspecified atom stereocenters. The Labute approximate surface area is 251 Å². The molecule has 9 heteroatoms. The van der Waals surface area contributed by atoms with E-state index < -0.39 is 11.9 Å². The zero-order chi connectivity index (χ0) is 29.9. The first-order valence-electron chi connectivity index (χ1n) is 14.3. The Bertz CT molecular complexity index is 1570. The first kappa shape index (κ1) is 29.5. The summed E-state index contributed by atoms with van der Waals surface area (Å²) in [6.07, 6.45) is 3.31. The van der Waals surface area contributed by atoms with Crippen molar-refractivity contribution < 1.29 is 9.59 Å². The number of anilines is 2. The molecule has 8 nitrogen and oxygen atoms in total. The van der Waals surface area contributed by atoms with Gasteiger partial charge in [0.1, 0.15) is 11.0 Å². The number of halogens is 1. The lowest BCUT2D eigenvalue weighted by Crippen LogP contribution is -2.34. The molecular weight excluding hydrogens is 548 g/mol. The number of urea groups is 1. The number of carbonyl (C=O) groups excluding carboxylic acids is 2. The van der Waals surface area contributed by atoms with Crippen molar-refractivity contribution in [2.24, 2.45) is 5.92 Å². The van der Waals surface area contributed by atoms with Gasteiger partial charge in [-0.25, -0.2) is 14.5 Å².